The maximum atomic E-state index is 5.61. The quantitative estimate of drug-likeness (QED) is 0.746. The molecule has 0 bridgehead atoms. The summed E-state index contributed by atoms with van der Waals surface area (Å²) in [4.78, 5) is 11.2. The van der Waals surface area contributed by atoms with Gasteiger partial charge in [0.1, 0.15) is 5.75 Å². The minimum absolute atomic E-state index is 0.553. The van der Waals surface area contributed by atoms with Crippen LogP contribution in [0.5, 0.6) is 5.75 Å². The minimum atomic E-state index is 0.553. The SMILES string of the molecule is COc1cc(Nc2nccc(-c3ccccc3)n2)ccc1N1CCOCC1. The minimum Gasteiger partial charge on any atom is -0.495 e. The van der Waals surface area contributed by atoms with E-state index >= 15 is 0 Å². The summed E-state index contributed by atoms with van der Waals surface area (Å²) in [5.41, 5.74) is 3.90. The molecule has 0 unspecified atom stereocenters. The molecular formula is C21H22N4O2. The molecule has 1 N–H and O–H groups in total. The molecule has 1 fully saturated rings. The Hall–Kier alpha value is -3.12. The Kier molecular flexibility index (Phi) is 5.16. The average molecular weight is 362 g/mol. The molecule has 0 atom stereocenters. The number of methoxy groups -OCH3 is 1. The van der Waals surface area contributed by atoms with E-state index in [2.05, 4.69) is 26.3 Å². The summed E-state index contributed by atoms with van der Waals surface area (Å²) in [6.45, 7) is 3.21. The van der Waals surface area contributed by atoms with Crippen LogP contribution in [0.15, 0.2) is 60.8 Å². The predicted octanol–water partition coefficient (Wildman–Crippen LogP) is 3.73. The Labute approximate surface area is 158 Å². The van der Waals surface area contributed by atoms with Crippen LogP contribution in [0.1, 0.15) is 0 Å². The number of rotatable bonds is 5. The monoisotopic (exact) mass is 362 g/mol. The van der Waals surface area contributed by atoms with Gasteiger partial charge >= 0.3 is 0 Å². The third-order valence-corrected chi connectivity index (χ3v) is 4.51. The zero-order chi connectivity index (χ0) is 18.5. The van der Waals surface area contributed by atoms with Gasteiger partial charge in [0.15, 0.2) is 0 Å². The zero-order valence-electron chi connectivity index (χ0n) is 15.3. The molecule has 1 saturated heterocycles. The molecule has 1 aliphatic rings. The summed E-state index contributed by atoms with van der Waals surface area (Å²) in [5, 5.41) is 3.27. The summed E-state index contributed by atoms with van der Waals surface area (Å²) in [6.07, 6.45) is 1.76. The van der Waals surface area contributed by atoms with Gasteiger partial charge in [-0.3, -0.25) is 0 Å². The number of morpholine rings is 1. The van der Waals surface area contributed by atoms with Crippen molar-refractivity contribution in [1.29, 1.82) is 0 Å². The number of nitrogens with zero attached hydrogens (tertiary/aromatic N) is 3. The lowest BCUT2D eigenvalue weighted by Gasteiger charge is -2.30. The van der Waals surface area contributed by atoms with E-state index in [1.54, 1.807) is 13.3 Å². The number of aromatic nitrogens is 2. The van der Waals surface area contributed by atoms with Crippen LogP contribution in [0, 0.1) is 0 Å². The highest BCUT2D eigenvalue weighted by Crippen LogP contribution is 2.32. The van der Waals surface area contributed by atoms with Gasteiger partial charge in [-0.05, 0) is 18.2 Å². The lowest BCUT2D eigenvalue weighted by molar-refractivity contribution is 0.122. The normalized spacial score (nSPS) is 14.0. The fourth-order valence-corrected chi connectivity index (χ4v) is 3.14. The van der Waals surface area contributed by atoms with E-state index in [1.165, 1.54) is 0 Å². The van der Waals surface area contributed by atoms with E-state index in [4.69, 9.17) is 9.47 Å². The second-order valence-corrected chi connectivity index (χ2v) is 6.24. The highest BCUT2D eigenvalue weighted by atomic mass is 16.5. The second-order valence-electron chi connectivity index (χ2n) is 6.24. The predicted molar refractivity (Wildman–Crippen MR) is 107 cm³/mol. The molecule has 0 spiro atoms. The standard InChI is InChI=1S/C21H22N4O2/c1-26-20-15-17(7-8-19(20)25-11-13-27-14-12-25)23-21-22-10-9-18(24-21)16-5-3-2-4-6-16/h2-10,15H,11-14H2,1H3,(H,22,23,24). The second kappa shape index (κ2) is 8.05. The lowest BCUT2D eigenvalue weighted by Crippen LogP contribution is -2.36. The van der Waals surface area contributed by atoms with Gasteiger partial charge in [0, 0.05) is 36.6 Å². The van der Waals surface area contributed by atoms with Crippen LogP contribution in [0.4, 0.5) is 17.3 Å². The van der Waals surface area contributed by atoms with Crippen LogP contribution < -0.4 is 15.0 Å². The van der Waals surface area contributed by atoms with Crippen LogP contribution >= 0.6 is 0 Å². The van der Waals surface area contributed by atoms with Gasteiger partial charge in [0.25, 0.3) is 0 Å². The topological polar surface area (TPSA) is 59.5 Å². The van der Waals surface area contributed by atoms with E-state index < -0.39 is 0 Å². The molecular weight excluding hydrogens is 340 g/mol. The lowest BCUT2D eigenvalue weighted by atomic mass is 10.1. The smallest absolute Gasteiger partial charge is 0.227 e. The molecule has 0 saturated carbocycles. The van der Waals surface area contributed by atoms with Gasteiger partial charge in [0.2, 0.25) is 5.95 Å². The zero-order valence-corrected chi connectivity index (χ0v) is 15.3. The molecule has 0 aliphatic carbocycles. The van der Waals surface area contributed by atoms with E-state index in [1.807, 2.05) is 48.5 Å². The van der Waals surface area contributed by atoms with Gasteiger partial charge in [-0.2, -0.15) is 0 Å². The molecule has 1 aliphatic heterocycles. The largest absolute Gasteiger partial charge is 0.495 e. The molecule has 2 aromatic carbocycles. The van der Waals surface area contributed by atoms with Crippen molar-refractivity contribution in [1.82, 2.24) is 9.97 Å². The van der Waals surface area contributed by atoms with Crippen molar-refractivity contribution >= 4 is 17.3 Å². The van der Waals surface area contributed by atoms with Gasteiger partial charge in [-0.1, -0.05) is 30.3 Å². The number of hydrogen-bond donors (Lipinski definition) is 1. The van der Waals surface area contributed by atoms with Crippen molar-refractivity contribution in [3.05, 3.63) is 60.8 Å². The molecule has 4 rings (SSSR count). The summed E-state index contributed by atoms with van der Waals surface area (Å²) < 4.78 is 11.0. The van der Waals surface area contributed by atoms with Gasteiger partial charge in [-0.25, -0.2) is 9.97 Å². The Balaban J connectivity index is 1.56. The van der Waals surface area contributed by atoms with Crippen molar-refractivity contribution in [2.75, 3.05) is 43.6 Å². The first-order valence-electron chi connectivity index (χ1n) is 9.00. The Bertz CT molecular complexity index is 896. The molecule has 27 heavy (non-hydrogen) atoms. The average Bonchev–Trinajstić information content (AvgIpc) is 2.75. The van der Waals surface area contributed by atoms with E-state index in [0.717, 1.165) is 54.7 Å². The maximum Gasteiger partial charge on any atom is 0.227 e. The van der Waals surface area contributed by atoms with Crippen LogP contribution in [0.3, 0.4) is 0 Å². The number of benzene rings is 2. The van der Waals surface area contributed by atoms with Crippen LogP contribution in [0.25, 0.3) is 11.3 Å². The van der Waals surface area contributed by atoms with Crippen molar-refractivity contribution in [2.24, 2.45) is 0 Å². The summed E-state index contributed by atoms with van der Waals surface area (Å²) in [6, 6.07) is 18.0. The molecule has 0 amide bonds. The molecule has 0 radical (unpaired) electrons. The first-order valence-corrected chi connectivity index (χ1v) is 9.00. The molecule has 1 aromatic heterocycles. The van der Waals surface area contributed by atoms with Gasteiger partial charge < -0.3 is 19.7 Å². The first-order chi connectivity index (χ1) is 13.3. The molecule has 138 valence electrons. The van der Waals surface area contributed by atoms with Crippen molar-refractivity contribution in [2.45, 2.75) is 0 Å². The van der Waals surface area contributed by atoms with E-state index in [0.29, 0.717) is 5.95 Å². The van der Waals surface area contributed by atoms with Crippen molar-refractivity contribution in [3.8, 4) is 17.0 Å². The first kappa shape index (κ1) is 17.3. The summed E-state index contributed by atoms with van der Waals surface area (Å²) in [5.74, 6) is 1.37. The summed E-state index contributed by atoms with van der Waals surface area (Å²) >= 11 is 0. The summed E-state index contributed by atoms with van der Waals surface area (Å²) in [7, 11) is 1.69. The fourth-order valence-electron chi connectivity index (χ4n) is 3.14. The number of nitrogens with one attached hydrogen (secondary N) is 1. The maximum absolute atomic E-state index is 5.61. The Morgan fingerprint density at radius 2 is 1.85 bits per heavy atom. The number of anilines is 3. The fraction of sp³-hybridized carbons (Fsp3) is 0.238. The van der Waals surface area contributed by atoms with Gasteiger partial charge in [0.05, 0.1) is 31.7 Å². The molecule has 2 heterocycles. The van der Waals surface area contributed by atoms with E-state index in [9.17, 15) is 0 Å². The van der Waals surface area contributed by atoms with Crippen molar-refractivity contribution < 1.29 is 9.47 Å². The Morgan fingerprint density at radius 3 is 2.63 bits per heavy atom. The van der Waals surface area contributed by atoms with Crippen LogP contribution in [-0.2, 0) is 4.74 Å². The third kappa shape index (κ3) is 4.01. The molecule has 6 heteroatoms. The van der Waals surface area contributed by atoms with Gasteiger partial charge in [-0.15, -0.1) is 0 Å². The highest BCUT2D eigenvalue weighted by Gasteiger charge is 2.16. The van der Waals surface area contributed by atoms with Crippen molar-refractivity contribution in [3.63, 3.8) is 0 Å². The number of ether oxygens (including phenoxy) is 2. The van der Waals surface area contributed by atoms with Crippen LogP contribution in [-0.4, -0.2) is 43.4 Å². The highest BCUT2D eigenvalue weighted by molar-refractivity contribution is 5.68. The number of hydrogen-bond acceptors (Lipinski definition) is 6. The van der Waals surface area contributed by atoms with Crippen LogP contribution in [0.2, 0.25) is 0 Å². The molecule has 3 aromatic rings. The molecule has 6 nitrogen and oxygen atoms in total. The third-order valence-electron chi connectivity index (χ3n) is 4.51. The Morgan fingerprint density at radius 1 is 1.04 bits per heavy atom. The van der Waals surface area contributed by atoms with E-state index in [-0.39, 0.29) is 0 Å².